The highest BCUT2D eigenvalue weighted by Gasteiger charge is 2.24. The minimum Gasteiger partial charge on any atom is -0.339 e. The van der Waals surface area contributed by atoms with Gasteiger partial charge >= 0.3 is 0 Å². The Balaban J connectivity index is 1.63. The predicted molar refractivity (Wildman–Crippen MR) is 107 cm³/mol. The van der Waals surface area contributed by atoms with Gasteiger partial charge in [-0.3, -0.25) is 4.79 Å². The van der Waals surface area contributed by atoms with Crippen molar-refractivity contribution < 1.29 is 4.79 Å². The van der Waals surface area contributed by atoms with E-state index in [1.165, 1.54) is 42.4 Å². The molecule has 25 heavy (non-hydrogen) atoms. The Morgan fingerprint density at radius 3 is 2.72 bits per heavy atom. The van der Waals surface area contributed by atoms with Crippen molar-refractivity contribution in [1.82, 2.24) is 14.7 Å². The number of nitrogens with zero attached hydrogens (tertiary/aromatic N) is 3. The number of carbonyl (C=O) groups excluding carboxylic acids is 1. The number of carbonyl (C=O) groups is 1. The summed E-state index contributed by atoms with van der Waals surface area (Å²) in [5.74, 6) is 0.647. The summed E-state index contributed by atoms with van der Waals surface area (Å²) in [6, 6.07) is 10.3. The number of thioether (sulfide) groups is 1. The Morgan fingerprint density at radius 2 is 2.04 bits per heavy atom. The summed E-state index contributed by atoms with van der Waals surface area (Å²) in [5.41, 5.74) is 0.958. The average molecular weight is 394 g/mol. The summed E-state index contributed by atoms with van der Waals surface area (Å²) in [5, 5.41) is 4.57. The van der Waals surface area contributed by atoms with Crippen molar-refractivity contribution in [3.63, 3.8) is 0 Å². The SMILES string of the molecule is CCN(C(=O)CSc1nn(-c2ccccc2)c(=S)s1)C1CCCCC1. The Kier molecular flexibility index (Phi) is 6.67. The second-order valence-corrected chi connectivity index (χ2v) is 8.99. The lowest BCUT2D eigenvalue weighted by atomic mass is 9.94. The summed E-state index contributed by atoms with van der Waals surface area (Å²) in [6.07, 6.45) is 6.07. The third-order valence-corrected chi connectivity index (χ3v) is 6.88. The molecule has 0 bridgehead atoms. The summed E-state index contributed by atoms with van der Waals surface area (Å²) >= 11 is 8.38. The van der Waals surface area contributed by atoms with Gasteiger partial charge in [0, 0.05) is 12.6 Å². The van der Waals surface area contributed by atoms with Gasteiger partial charge in [0.25, 0.3) is 0 Å². The Hall–Kier alpha value is -1.18. The maximum absolute atomic E-state index is 12.7. The minimum absolute atomic E-state index is 0.215. The van der Waals surface area contributed by atoms with Crippen LogP contribution in [-0.2, 0) is 4.79 Å². The second-order valence-electron chi connectivity index (χ2n) is 6.14. The van der Waals surface area contributed by atoms with Crippen LogP contribution in [0.1, 0.15) is 39.0 Å². The van der Waals surface area contributed by atoms with Gasteiger partial charge in [-0.05, 0) is 44.1 Å². The molecule has 0 radical (unpaired) electrons. The van der Waals surface area contributed by atoms with Crippen LogP contribution in [0.4, 0.5) is 0 Å². The molecule has 1 aliphatic rings. The predicted octanol–water partition coefficient (Wildman–Crippen LogP) is 4.94. The van der Waals surface area contributed by atoms with Crippen molar-refractivity contribution in [1.29, 1.82) is 0 Å². The fourth-order valence-corrected chi connectivity index (χ4v) is 5.54. The fraction of sp³-hybridized carbons (Fsp3) is 0.500. The molecule has 1 aromatic carbocycles. The molecule has 1 amide bonds. The molecule has 1 heterocycles. The van der Waals surface area contributed by atoms with E-state index in [0.717, 1.165) is 29.4 Å². The van der Waals surface area contributed by atoms with Crippen LogP contribution in [0, 0.1) is 3.95 Å². The lowest BCUT2D eigenvalue weighted by Crippen LogP contribution is -2.42. The van der Waals surface area contributed by atoms with Crippen molar-refractivity contribution in [2.24, 2.45) is 0 Å². The molecule has 0 N–H and O–H groups in total. The Morgan fingerprint density at radius 1 is 1.32 bits per heavy atom. The summed E-state index contributed by atoms with van der Waals surface area (Å²) < 4.78 is 3.33. The smallest absolute Gasteiger partial charge is 0.233 e. The number of aromatic nitrogens is 2. The summed E-state index contributed by atoms with van der Waals surface area (Å²) in [4.78, 5) is 14.7. The monoisotopic (exact) mass is 393 g/mol. The van der Waals surface area contributed by atoms with Crippen molar-refractivity contribution in [2.75, 3.05) is 12.3 Å². The zero-order valence-electron chi connectivity index (χ0n) is 14.4. The van der Waals surface area contributed by atoms with Crippen LogP contribution in [0.5, 0.6) is 0 Å². The average Bonchev–Trinajstić information content (AvgIpc) is 3.03. The number of rotatable bonds is 6. The van der Waals surface area contributed by atoms with Gasteiger partial charge in [-0.2, -0.15) is 0 Å². The standard InChI is InChI=1S/C18H23N3OS3/c1-2-20(14-9-5-3-6-10-14)16(22)13-24-17-19-21(18(23)25-17)15-11-7-4-8-12-15/h4,7-8,11-12,14H,2-3,5-6,9-10,13H2,1H3. The van der Waals surface area contributed by atoms with E-state index in [9.17, 15) is 4.79 Å². The van der Waals surface area contributed by atoms with Crippen LogP contribution < -0.4 is 0 Å². The van der Waals surface area contributed by atoms with Gasteiger partial charge in [-0.15, -0.1) is 5.10 Å². The molecule has 1 fully saturated rings. The van der Waals surface area contributed by atoms with Crippen LogP contribution >= 0.6 is 35.3 Å². The first-order chi connectivity index (χ1) is 12.2. The molecular formula is C18H23N3OS3. The molecule has 0 saturated heterocycles. The van der Waals surface area contributed by atoms with Gasteiger partial charge in [0.1, 0.15) is 0 Å². The molecule has 7 heteroatoms. The molecule has 134 valence electrons. The fourth-order valence-electron chi connectivity index (χ4n) is 3.29. The second kappa shape index (κ2) is 8.96. The number of amides is 1. The molecule has 0 spiro atoms. The van der Waals surface area contributed by atoms with Crippen LogP contribution in [-0.4, -0.2) is 38.9 Å². The molecule has 0 aliphatic heterocycles. The first kappa shape index (κ1) is 18.6. The van der Waals surface area contributed by atoms with Crippen LogP contribution in [0.3, 0.4) is 0 Å². The van der Waals surface area contributed by atoms with Crippen molar-refractivity contribution in [3.8, 4) is 5.69 Å². The number of para-hydroxylation sites is 1. The maximum atomic E-state index is 12.7. The van der Waals surface area contributed by atoms with Gasteiger partial charge in [0.15, 0.2) is 8.29 Å². The lowest BCUT2D eigenvalue weighted by molar-refractivity contribution is -0.131. The molecule has 3 rings (SSSR count). The van der Waals surface area contributed by atoms with E-state index in [-0.39, 0.29) is 5.91 Å². The summed E-state index contributed by atoms with van der Waals surface area (Å²) in [6.45, 7) is 2.86. The highest BCUT2D eigenvalue weighted by Crippen LogP contribution is 2.26. The normalized spacial score (nSPS) is 15.2. The molecular weight excluding hydrogens is 370 g/mol. The Bertz CT molecular complexity index is 750. The van der Waals surface area contributed by atoms with Gasteiger partial charge < -0.3 is 4.90 Å². The van der Waals surface area contributed by atoms with Gasteiger partial charge in [0.2, 0.25) is 5.91 Å². The van der Waals surface area contributed by atoms with Crippen molar-refractivity contribution in [3.05, 3.63) is 34.3 Å². The molecule has 1 saturated carbocycles. The number of hydrogen-bond acceptors (Lipinski definition) is 5. The highest BCUT2D eigenvalue weighted by molar-refractivity contribution is 8.01. The van der Waals surface area contributed by atoms with E-state index >= 15 is 0 Å². The molecule has 1 aromatic heterocycles. The molecule has 4 nitrogen and oxygen atoms in total. The zero-order chi connectivity index (χ0) is 17.6. The third kappa shape index (κ3) is 4.71. The topological polar surface area (TPSA) is 38.1 Å². The minimum atomic E-state index is 0.215. The van der Waals surface area contributed by atoms with E-state index in [2.05, 4.69) is 16.9 Å². The molecule has 0 unspecified atom stereocenters. The third-order valence-electron chi connectivity index (χ3n) is 4.53. The Labute approximate surface area is 162 Å². The quantitative estimate of drug-likeness (QED) is 0.515. The van der Waals surface area contributed by atoms with Gasteiger partial charge in [-0.1, -0.05) is 60.6 Å². The van der Waals surface area contributed by atoms with E-state index in [1.54, 1.807) is 4.68 Å². The van der Waals surface area contributed by atoms with Crippen LogP contribution in [0.2, 0.25) is 0 Å². The first-order valence-corrected chi connectivity index (χ1v) is 11.0. The largest absolute Gasteiger partial charge is 0.339 e. The lowest BCUT2D eigenvalue weighted by Gasteiger charge is -2.33. The van der Waals surface area contributed by atoms with Crippen LogP contribution in [0.15, 0.2) is 34.7 Å². The summed E-state index contributed by atoms with van der Waals surface area (Å²) in [7, 11) is 0. The van der Waals surface area contributed by atoms with E-state index in [1.807, 2.05) is 30.3 Å². The molecule has 0 atom stereocenters. The zero-order valence-corrected chi connectivity index (χ0v) is 16.8. The van der Waals surface area contributed by atoms with Gasteiger partial charge in [0.05, 0.1) is 11.4 Å². The van der Waals surface area contributed by atoms with Crippen molar-refractivity contribution >= 4 is 41.2 Å². The highest BCUT2D eigenvalue weighted by atomic mass is 32.2. The van der Waals surface area contributed by atoms with Crippen molar-refractivity contribution in [2.45, 2.75) is 49.4 Å². The number of benzene rings is 1. The molecule has 2 aromatic rings. The van der Waals surface area contributed by atoms with E-state index < -0.39 is 0 Å². The number of hydrogen-bond donors (Lipinski definition) is 0. The first-order valence-electron chi connectivity index (χ1n) is 8.77. The maximum Gasteiger partial charge on any atom is 0.233 e. The molecule has 1 aliphatic carbocycles. The van der Waals surface area contributed by atoms with E-state index in [0.29, 0.717) is 15.7 Å². The van der Waals surface area contributed by atoms with Crippen LogP contribution in [0.25, 0.3) is 5.69 Å². The van der Waals surface area contributed by atoms with E-state index in [4.69, 9.17) is 12.2 Å². The van der Waals surface area contributed by atoms with Gasteiger partial charge in [-0.25, -0.2) is 4.68 Å².